The van der Waals surface area contributed by atoms with Gasteiger partial charge in [-0.3, -0.25) is 9.69 Å². The monoisotopic (exact) mass is 247 g/mol. The van der Waals surface area contributed by atoms with Crippen LogP contribution in [0.1, 0.15) is 18.1 Å². The molecule has 18 heavy (non-hydrogen) atoms. The molecule has 0 unspecified atom stereocenters. The van der Waals surface area contributed by atoms with Crippen LogP contribution >= 0.6 is 0 Å². The molecule has 0 aliphatic heterocycles. The number of ether oxygens (including phenoxy) is 1. The molecule has 3 nitrogen and oxygen atoms in total. The number of rotatable bonds is 7. The van der Waals surface area contributed by atoms with Crippen LogP contribution in [-0.2, 0) is 16.1 Å². The molecular weight excluding hydrogens is 226 g/mol. The van der Waals surface area contributed by atoms with Crippen LogP contribution in [0.4, 0.5) is 0 Å². The van der Waals surface area contributed by atoms with Crippen molar-refractivity contribution in [2.24, 2.45) is 0 Å². The second-order valence-corrected chi connectivity index (χ2v) is 4.25. The van der Waals surface area contributed by atoms with Crippen molar-refractivity contribution in [3.05, 3.63) is 48.0 Å². The highest BCUT2D eigenvalue weighted by atomic mass is 16.5. The molecule has 1 aromatic rings. The summed E-state index contributed by atoms with van der Waals surface area (Å²) >= 11 is 0. The Bertz CT molecular complexity index is 384. The van der Waals surface area contributed by atoms with Crippen molar-refractivity contribution in [3.8, 4) is 0 Å². The molecule has 0 heterocycles. The lowest BCUT2D eigenvalue weighted by atomic mass is 10.1. The first-order valence-corrected chi connectivity index (χ1v) is 6.20. The van der Waals surface area contributed by atoms with Gasteiger partial charge in [0.1, 0.15) is 0 Å². The largest absolute Gasteiger partial charge is 0.465 e. The van der Waals surface area contributed by atoms with E-state index < -0.39 is 0 Å². The second kappa shape index (κ2) is 7.67. The third kappa shape index (κ3) is 5.15. The fourth-order valence-electron chi connectivity index (χ4n) is 1.71. The van der Waals surface area contributed by atoms with Gasteiger partial charge in [0.2, 0.25) is 0 Å². The first-order chi connectivity index (χ1) is 8.65. The predicted octanol–water partition coefficient (Wildman–Crippen LogP) is 2.55. The standard InChI is InChI=1S/C15H21NO2/c1-4-10-16(12-15(17)18-5-2)11-14-8-6-13(3)7-9-14/h4,6-9H,1,5,10-12H2,2-3H3. The summed E-state index contributed by atoms with van der Waals surface area (Å²) < 4.78 is 4.96. The molecule has 0 atom stereocenters. The number of carbonyl (C=O) groups excluding carboxylic acids is 1. The summed E-state index contributed by atoms with van der Waals surface area (Å²) in [6, 6.07) is 8.31. The maximum atomic E-state index is 11.5. The smallest absolute Gasteiger partial charge is 0.320 e. The van der Waals surface area contributed by atoms with Gasteiger partial charge in [-0.1, -0.05) is 35.9 Å². The molecule has 0 N–H and O–H groups in total. The number of benzene rings is 1. The number of hydrogen-bond acceptors (Lipinski definition) is 3. The van der Waals surface area contributed by atoms with Crippen molar-refractivity contribution in [2.45, 2.75) is 20.4 Å². The zero-order chi connectivity index (χ0) is 13.4. The van der Waals surface area contributed by atoms with Gasteiger partial charge >= 0.3 is 5.97 Å². The molecule has 1 rings (SSSR count). The van der Waals surface area contributed by atoms with Crippen molar-refractivity contribution in [1.29, 1.82) is 0 Å². The Labute approximate surface area is 109 Å². The average molecular weight is 247 g/mol. The molecule has 98 valence electrons. The van der Waals surface area contributed by atoms with E-state index in [2.05, 4.69) is 37.8 Å². The maximum Gasteiger partial charge on any atom is 0.320 e. The van der Waals surface area contributed by atoms with Crippen LogP contribution in [0.25, 0.3) is 0 Å². The zero-order valence-corrected chi connectivity index (χ0v) is 11.2. The van der Waals surface area contributed by atoms with E-state index in [-0.39, 0.29) is 5.97 Å². The summed E-state index contributed by atoms with van der Waals surface area (Å²) in [4.78, 5) is 13.5. The molecule has 0 amide bonds. The quantitative estimate of drug-likeness (QED) is 0.548. The Balaban J connectivity index is 2.59. The summed E-state index contributed by atoms with van der Waals surface area (Å²) in [6.45, 7) is 9.71. The van der Waals surface area contributed by atoms with Crippen molar-refractivity contribution in [3.63, 3.8) is 0 Å². The van der Waals surface area contributed by atoms with Crippen LogP contribution in [0.3, 0.4) is 0 Å². The topological polar surface area (TPSA) is 29.5 Å². The van der Waals surface area contributed by atoms with E-state index >= 15 is 0 Å². The van der Waals surface area contributed by atoms with Gasteiger partial charge in [0.25, 0.3) is 0 Å². The van der Waals surface area contributed by atoms with E-state index in [0.717, 1.165) is 6.54 Å². The lowest BCUT2D eigenvalue weighted by molar-refractivity contribution is -0.144. The lowest BCUT2D eigenvalue weighted by Crippen LogP contribution is -2.30. The fourth-order valence-corrected chi connectivity index (χ4v) is 1.71. The van der Waals surface area contributed by atoms with Gasteiger partial charge < -0.3 is 4.74 Å². The van der Waals surface area contributed by atoms with Crippen LogP contribution in [0.2, 0.25) is 0 Å². The minimum atomic E-state index is -0.188. The zero-order valence-electron chi connectivity index (χ0n) is 11.2. The first kappa shape index (κ1) is 14.5. The minimum absolute atomic E-state index is 0.188. The van der Waals surface area contributed by atoms with Crippen LogP contribution in [0, 0.1) is 6.92 Å². The van der Waals surface area contributed by atoms with Crippen molar-refractivity contribution in [2.75, 3.05) is 19.7 Å². The van der Waals surface area contributed by atoms with Gasteiger partial charge in [0.15, 0.2) is 0 Å². The molecule has 0 saturated carbocycles. The molecule has 3 heteroatoms. The highest BCUT2D eigenvalue weighted by Gasteiger charge is 2.10. The summed E-state index contributed by atoms with van der Waals surface area (Å²) in [6.07, 6.45) is 1.80. The normalized spacial score (nSPS) is 10.4. The van der Waals surface area contributed by atoms with Crippen LogP contribution in [-0.4, -0.2) is 30.6 Å². The third-order valence-electron chi connectivity index (χ3n) is 2.57. The van der Waals surface area contributed by atoms with Crippen molar-refractivity contribution >= 4 is 5.97 Å². The van der Waals surface area contributed by atoms with E-state index in [9.17, 15) is 4.79 Å². The number of hydrogen-bond donors (Lipinski definition) is 0. The summed E-state index contributed by atoms with van der Waals surface area (Å²) in [5, 5.41) is 0. The van der Waals surface area contributed by atoms with Crippen molar-refractivity contribution < 1.29 is 9.53 Å². The lowest BCUT2D eigenvalue weighted by Gasteiger charge is -2.19. The Morgan fingerprint density at radius 3 is 2.61 bits per heavy atom. The molecule has 1 aromatic carbocycles. The minimum Gasteiger partial charge on any atom is -0.465 e. The van der Waals surface area contributed by atoms with Crippen molar-refractivity contribution in [1.82, 2.24) is 4.90 Å². The molecule has 0 saturated heterocycles. The first-order valence-electron chi connectivity index (χ1n) is 6.20. The van der Waals surface area contributed by atoms with Gasteiger partial charge in [-0.25, -0.2) is 0 Å². The molecule has 0 aliphatic rings. The van der Waals surface area contributed by atoms with Crippen LogP contribution < -0.4 is 0 Å². The Morgan fingerprint density at radius 1 is 1.39 bits per heavy atom. The Morgan fingerprint density at radius 2 is 2.06 bits per heavy atom. The molecule has 0 aliphatic carbocycles. The fraction of sp³-hybridized carbons (Fsp3) is 0.400. The number of esters is 1. The SMILES string of the molecule is C=CCN(CC(=O)OCC)Cc1ccc(C)cc1. The molecular formula is C15H21NO2. The molecule has 0 spiro atoms. The molecule has 0 aromatic heterocycles. The van der Waals surface area contributed by atoms with E-state index in [4.69, 9.17) is 4.74 Å². The van der Waals surface area contributed by atoms with E-state index in [0.29, 0.717) is 19.7 Å². The number of aryl methyl sites for hydroxylation is 1. The highest BCUT2D eigenvalue weighted by Crippen LogP contribution is 2.07. The Hall–Kier alpha value is -1.61. The van der Waals surface area contributed by atoms with Gasteiger partial charge in [0, 0.05) is 13.1 Å². The summed E-state index contributed by atoms with van der Waals surface area (Å²) in [5.41, 5.74) is 2.42. The van der Waals surface area contributed by atoms with Gasteiger partial charge in [0.05, 0.1) is 13.2 Å². The van der Waals surface area contributed by atoms with E-state index in [1.54, 1.807) is 6.08 Å². The summed E-state index contributed by atoms with van der Waals surface area (Å²) in [5.74, 6) is -0.188. The van der Waals surface area contributed by atoms with Gasteiger partial charge in [-0.15, -0.1) is 6.58 Å². The number of carbonyl (C=O) groups is 1. The van der Waals surface area contributed by atoms with Crippen LogP contribution in [0.15, 0.2) is 36.9 Å². The van der Waals surface area contributed by atoms with E-state index in [1.807, 2.05) is 11.8 Å². The molecule has 0 radical (unpaired) electrons. The second-order valence-electron chi connectivity index (χ2n) is 4.25. The Kier molecular flexibility index (Phi) is 6.15. The molecule has 0 fully saturated rings. The average Bonchev–Trinajstić information content (AvgIpc) is 2.32. The molecule has 0 bridgehead atoms. The van der Waals surface area contributed by atoms with Gasteiger partial charge in [-0.2, -0.15) is 0 Å². The summed E-state index contributed by atoms with van der Waals surface area (Å²) in [7, 11) is 0. The van der Waals surface area contributed by atoms with E-state index in [1.165, 1.54) is 11.1 Å². The third-order valence-corrected chi connectivity index (χ3v) is 2.57. The number of nitrogens with zero attached hydrogens (tertiary/aromatic N) is 1. The van der Waals surface area contributed by atoms with Crippen LogP contribution in [0.5, 0.6) is 0 Å². The predicted molar refractivity (Wildman–Crippen MR) is 73.3 cm³/mol. The van der Waals surface area contributed by atoms with Gasteiger partial charge in [-0.05, 0) is 19.4 Å². The highest BCUT2D eigenvalue weighted by molar-refractivity contribution is 5.71. The maximum absolute atomic E-state index is 11.5.